The molecule has 2 aromatic rings. The van der Waals surface area contributed by atoms with Gasteiger partial charge in [-0.25, -0.2) is 9.59 Å². The molecular weight excluding hydrogens is 424 g/mol. The van der Waals surface area contributed by atoms with Crippen LogP contribution in [0.1, 0.15) is 28.6 Å². The molecule has 0 spiro atoms. The maximum atomic E-state index is 12.4. The Morgan fingerprint density at radius 3 is 2.53 bits per heavy atom. The Kier molecular flexibility index (Phi) is 6.21. The average Bonchev–Trinajstić information content (AvgIpc) is 3.34. The van der Waals surface area contributed by atoms with Crippen molar-refractivity contribution in [2.24, 2.45) is 0 Å². The Hall–Kier alpha value is -3.28. The van der Waals surface area contributed by atoms with Crippen LogP contribution in [0.3, 0.4) is 0 Å². The van der Waals surface area contributed by atoms with Gasteiger partial charge in [-0.1, -0.05) is 18.2 Å². The molecule has 4 rings (SSSR count). The van der Waals surface area contributed by atoms with E-state index in [1.165, 1.54) is 17.9 Å². The van der Waals surface area contributed by atoms with E-state index in [2.05, 4.69) is 9.72 Å². The van der Waals surface area contributed by atoms with Crippen LogP contribution < -0.4 is 11.2 Å². The van der Waals surface area contributed by atoms with Crippen LogP contribution in [-0.4, -0.2) is 59.8 Å². The van der Waals surface area contributed by atoms with Crippen molar-refractivity contribution in [1.29, 1.82) is 0 Å². The van der Waals surface area contributed by atoms with Gasteiger partial charge in [-0.15, -0.1) is 0 Å². The number of nitrogens with one attached hydrogen (secondary N) is 1. The lowest BCUT2D eigenvalue weighted by atomic mass is 10.1. The van der Waals surface area contributed by atoms with E-state index >= 15 is 0 Å². The smallest absolute Gasteiger partial charge is 0.338 e. The summed E-state index contributed by atoms with van der Waals surface area (Å²) in [7, 11) is 1.25. The second-order valence-corrected chi connectivity index (χ2v) is 7.42. The predicted molar refractivity (Wildman–Crippen MR) is 107 cm³/mol. The Morgan fingerprint density at radius 1 is 1.09 bits per heavy atom. The van der Waals surface area contributed by atoms with Gasteiger partial charge in [-0.05, 0) is 19.1 Å². The maximum absolute atomic E-state index is 12.4. The van der Waals surface area contributed by atoms with Crippen molar-refractivity contribution in [2.75, 3.05) is 13.7 Å². The molecule has 11 heteroatoms. The van der Waals surface area contributed by atoms with Crippen LogP contribution in [0.15, 0.2) is 46.1 Å². The molecule has 2 aliphatic rings. The molecule has 5 atom stereocenters. The SMILES string of the molecule is COC(=O)C[C@H]1O[C@@H]2[C@H](O1)[C@@H](COC(=O)c1ccccc1)O[C@H]2n1cc(C)c(=O)[nH]c1=O. The predicted octanol–water partition coefficient (Wildman–Crippen LogP) is 0.273. The molecule has 0 unspecified atom stereocenters. The van der Waals surface area contributed by atoms with Crippen molar-refractivity contribution in [3.63, 3.8) is 0 Å². The first-order chi connectivity index (χ1) is 15.4. The topological polar surface area (TPSA) is 135 Å². The van der Waals surface area contributed by atoms with Gasteiger partial charge in [0.25, 0.3) is 5.56 Å². The molecule has 1 aromatic carbocycles. The zero-order valence-corrected chi connectivity index (χ0v) is 17.4. The van der Waals surface area contributed by atoms with E-state index in [9.17, 15) is 19.2 Å². The van der Waals surface area contributed by atoms with E-state index in [1.54, 1.807) is 37.3 Å². The molecule has 32 heavy (non-hydrogen) atoms. The molecule has 0 amide bonds. The largest absolute Gasteiger partial charge is 0.469 e. The molecule has 2 saturated heterocycles. The van der Waals surface area contributed by atoms with Gasteiger partial charge in [0.1, 0.15) is 24.9 Å². The zero-order chi connectivity index (χ0) is 22.8. The fourth-order valence-electron chi connectivity index (χ4n) is 3.66. The van der Waals surface area contributed by atoms with E-state index in [0.717, 1.165) is 0 Å². The Morgan fingerprint density at radius 2 is 1.81 bits per heavy atom. The van der Waals surface area contributed by atoms with E-state index in [4.69, 9.17) is 18.9 Å². The molecule has 0 saturated carbocycles. The monoisotopic (exact) mass is 446 g/mol. The quantitative estimate of drug-likeness (QED) is 0.620. The highest BCUT2D eigenvalue weighted by molar-refractivity contribution is 5.89. The third-order valence-corrected chi connectivity index (χ3v) is 5.27. The fraction of sp³-hybridized carbons (Fsp3) is 0.429. The maximum Gasteiger partial charge on any atom is 0.338 e. The minimum absolute atomic E-state index is 0.160. The van der Waals surface area contributed by atoms with Gasteiger partial charge >= 0.3 is 17.6 Å². The lowest BCUT2D eigenvalue weighted by Gasteiger charge is -2.21. The molecule has 2 fully saturated rings. The van der Waals surface area contributed by atoms with E-state index in [1.807, 2.05) is 0 Å². The van der Waals surface area contributed by atoms with Gasteiger partial charge in [0.15, 0.2) is 12.5 Å². The summed E-state index contributed by atoms with van der Waals surface area (Å²) < 4.78 is 28.8. The number of esters is 2. The summed E-state index contributed by atoms with van der Waals surface area (Å²) in [5, 5.41) is 0. The first kappa shape index (κ1) is 21.9. The number of fused-ring (bicyclic) bond motifs is 1. The second-order valence-electron chi connectivity index (χ2n) is 7.42. The minimum Gasteiger partial charge on any atom is -0.469 e. The van der Waals surface area contributed by atoms with Gasteiger partial charge in [-0.3, -0.25) is 19.1 Å². The lowest BCUT2D eigenvalue weighted by Crippen LogP contribution is -2.37. The summed E-state index contributed by atoms with van der Waals surface area (Å²) in [5.41, 5.74) is -0.528. The molecule has 1 N–H and O–H groups in total. The summed E-state index contributed by atoms with van der Waals surface area (Å²) in [6, 6.07) is 8.44. The van der Waals surface area contributed by atoms with Gasteiger partial charge in [0.05, 0.1) is 19.1 Å². The minimum atomic E-state index is -0.967. The van der Waals surface area contributed by atoms with Crippen molar-refractivity contribution in [3.05, 3.63) is 68.5 Å². The van der Waals surface area contributed by atoms with Crippen molar-refractivity contribution < 1.29 is 33.3 Å². The number of nitrogens with zero attached hydrogens (tertiary/aromatic N) is 1. The summed E-state index contributed by atoms with van der Waals surface area (Å²) in [5.74, 6) is -1.08. The molecule has 11 nitrogen and oxygen atoms in total. The third-order valence-electron chi connectivity index (χ3n) is 5.27. The van der Waals surface area contributed by atoms with Crippen LogP contribution in [0.25, 0.3) is 0 Å². The van der Waals surface area contributed by atoms with Crippen LogP contribution in [0.5, 0.6) is 0 Å². The Labute approximate surface area is 181 Å². The van der Waals surface area contributed by atoms with Crippen LogP contribution >= 0.6 is 0 Å². The molecular formula is C21H22N2O9. The Bertz CT molecular complexity index is 1110. The standard InChI is InChI=1S/C21H22N2O9/c1-11-9-23(21(27)22-18(11)25)19-17-16(31-15(32-17)8-14(24)28-2)13(30-19)10-29-20(26)12-6-4-3-5-7-12/h3-7,9,13,15-17,19H,8,10H2,1-2H3,(H,22,25,27)/t13-,15-,16-,17-,19-/m1/s1. The van der Waals surface area contributed by atoms with Crippen LogP contribution in [0.2, 0.25) is 0 Å². The highest BCUT2D eigenvalue weighted by atomic mass is 16.8. The first-order valence-corrected chi connectivity index (χ1v) is 9.95. The highest BCUT2D eigenvalue weighted by Crippen LogP contribution is 2.39. The summed E-state index contributed by atoms with van der Waals surface area (Å²) >= 11 is 0. The number of hydrogen-bond donors (Lipinski definition) is 1. The number of aromatic nitrogens is 2. The van der Waals surface area contributed by atoms with Gasteiger partial charge in [-0.2, -0.15) is 0 Å². The van der Waals surface area contributed by atoms with Gasteiger partial charge < -0.3 is 23.7 Å². The van der Waals surface area contributed by atoms with Crippen molar-refractivity contribution in [2.45, 2.75) is 44.2 Å². The summed E-state index contributed by atoms with van der Waals surface area (Å²) in [6.45, 7) is 1.38. The molecule has 0 radical (unpaired) electrons. The number of methoxy groups -OCH3 is 1. The Balaban J connectivity index is 1.55. The first-order valence-electron chi connectivity index (χ1n) is 9.95. The van der Waals surface area contributed by atoms with Gasteiger partial charge in [0, 0.05) is 11.8 Å². The number of rotatable bonds is 6. The number of carbonyl (C=O) groups excluding carboxylic acids is 2. The number of hydrogen-bond acceptors (Lipinski definition) is 9. The zero-order valence-electron chi connectivity index (χ0n) is 17.4. The molecule has 0 bridgehead atoms. The fourth-order valence-corrected chi connectivity index (χ4v) is 3.66. The highest BCUT2D eigenvalue weighted by Gasteiger charge is 2.54. The van der Waals surface area contributed by atoms with Crippen LogP contribution in [0.4, 0.5) is 0 Å². The van der Waals surface area contributed by atoms with Crippen molar-refractivity contribution >= 4 is 11.9 Å². The molecule has 2 aliphatic heterocycles. The second kappa shape index (κ2) is 9.07. The van der Waals surface area contributed by atoms with Gasteiger partial charge in [0.2, 0.25) is 0 Å². The van der Waals surface area contributed by atoms with E-state index in [-0.39, 0.29) is 13.0 Å². The van der Waals surface area contributed by atoms with Crippen molar-refractivity contribution in [3.8, 4) is 0 Å². The number of carbonyl (C=O) groups is 2. The number of aromatic amines is 1. The average molecular weight is 446 g/mol. The van der Waals surface area contributed by atoms with E-state index in [0.29, 0.717) is 11.1 Å². The number of ether oxygens (including phenoxy) is 5. The normalized spacial score (nSPS) is 26.5. The number of aryl methyl sites for hydroxylation is 1. The molecule has 170 valence electrons. The summed E-state index contributed by atoms with van der Waals surface area (Å²) in [6.07, 6.45) is -2.98. The lowest BCUT2D eigenvalue weighted by molar-refractivity contribution is -0.169. The van der Waals surface area contributed by atoms with Crippen molar-refractivity contribution in [1.82, 2.24) is 9.55 Å². The molecule has 0 aliphatic carbocycles. The third kappa shape index (κ3) is 4.35. The molecule has 3 heterocycles. The number of benzene rings is 1. The van der Waals surface area contributed by atoms with E-state index < -0.39 is 54.0 Å². The van der Waals surface area contributed by atoms with Crippen LogP contribution in [0, 0.1) is 6.92 Å². The molecule has 1 aromatic heterocycles. The van der Waals surface area contributed by atoms with Crippen LogP contribution in [-0.2, 0) is 28.5 Å². The number of H-pyrrole nitrogens is 1. The summed E-state index contributed by atoms with van der Waals surface area (Å²) in [4.78, 5) is 50.3.